The molecule has 5 nitrogen and oxygen atoms in total. The van der Waals surface area contributed by atoms with E-state index >= 15 is 0 Å². The Morgan fingerprint density at radius 1 is 1.30 bits per heavy atom. The van der Waals surface area contributed by atoms with Gasteiger partial charge in [-0.3, -0.25) is 4.79 Å². The summed E-state index contributed by atoms with van der Waals surface area (Å²) in [4.78, 5) is 13.1. The molecule has 2 aliphatic heterocycles. The molecule has 2 aliphatic rings. The van der Waals surface area contributed by atoms with Crippen LogP contribution < -0.4 is 16.0 Å². The molecule has 0 bridgehead atoms. The second kappa shape index (κ2) is 5.37. The van der Waals surface area contributed by atoms with Gasteiger partial charge in [0, 0.05) is 24.2 Å². The van der Waals surface area contributed by atoms with Gasteiger partial charge >= 0.3 is 0 Å². The fourth-order valence-electron chi connectivity index (χ4n) is 3.51. The first-order valence-electron chi connectivity index (χ1n) is 7.58. The van der Waals surface area contributed by atoms with Crippen molar-refractivity contribution in [1.82, 2.24) is 5.32 Å². The maximum Gasteiger partial charge on any atom is 0.242 e. The zero-order valence-corrected chi connectivity index (χ0v) is 13.2. The van der Waals surface area contributed by atoms with E-state index in [9.17, 15) is 4.79 Å². The number of nitriles is 1. The second-order valence-corrected chi connectivity index (χ2v) is 7.17. The Morgan fingerprint density at radius 3 is 3.00 bits per heavy atom. The van der Waals surface area contributed by atoms with Crippen molar-refractivity contribution in [2.24, 2.45) is 0 Å². The highest BCUT2D eigenvalue weighted by Crippen LogP contribution is 2.42. The molecular formula is C17H16N4OS. The summed E-state index contributed by atoms with van der Waals surface area (Å²) in [7, 11) is 0. The number of carbonyl (C=O) groups is 1. The third-order valence-electron chi connectivity index (χ3n) is 4.68. The van der Waals surface area contributed by atoms with Crippen LogP contribution in [0, 0.1) is 11.3 Å². The Labute approximate surface area is 138 Å². The number of benzene rings is 1. The van der Waals surface area contributed by atoms with Crippen molar-refractivity contribution >= 4 is 27.9 Å². The van der Waals surface area contributed by atoms with Crippen molar-refractivity contribution < 1.29 is 4.79 Å². The lowest BCUT2D eigenvalue weighted by Gasteiger charge is -2.22. The average molecular weight is 324 g/mol. The summed E-state index contributed by atoms with van der Waals surface area (Å²) in [5.74, 6) is -0.0300. The topological polar surface area (TPSA) is 77.0 Å². The van der Waals surface area contributed by atoms with Crippen molar-refractivity contribution in [3.05, 3.63) is 46.8 Å². The third kappa shape index (κ3) is 2.38. The van der Waals surface area contributed by atoms with Crippen LogP contribution in [-0.2, 0) is 10.2 Å². The molecule has 23 heavy (non-hydrogen) atoms. The van der Waals surface area contributed by atoms with Gasteiger partial charge < -0.3 is 16.0 Å². The Kier molecular flexibility index (Phi) is 3.33. The number of nitrogens with one attached hydrogen (secondary N) is 3. The number of thiophene rings is 1. The molecule has 1 amide bonds. The van der Waals surface area contributed by atoms with Crippen LogP contribution in [0.15, 0.2) is 36.4 Å². The van der Waals surface area contributed by atoms with Gasteiger partial charge in [0.2, 0.25) is 5.91 Å². The molecule has 3 heterocycles. The molecule has 0 radical (unpaired) electrons. The molecule has 1 fully saturated rings. The monoisotopic (exact) mass is 324 g/mol. The minimum Gasteiger partial charge on any atom is -0.384 e. The number of hydrogen-bond donors (Lipinski definition) is 3. The first-order valence-corrected chi connectivity index (χ1v) is 8.39. The summed E-state index contributed by atoms with van der Waals surface area (Å²) in [6, 6.07) is 13.7. The van der Waals surface area contributed by atoms with Gasteiger partial charge in [0.15, 0.2) is 0 Å². The van der Waals surface area contributed by atoms with E-state index in [4.69, 9.17) is 5.26 Å². The summed E-state index contributed by atoms with van der Waals surface area (Å²) in [6.45, 7) is 1.66. The van der Waals surface area contributed by atoms with Gasteiger partial charge in [-0.25, -0.2) is 0 Å². The van der Waals surface area contributed by atoms with E-state index in [-0.39, 0.29) is 17.4 Å². The number of nitrogens with zero attached hydrogens (tertiary/aromatic N) is 1. The van der Waals surface area contributed by atoms with Crippen molar-refractivity contribution in [2.45, 2.75) is 17.9 Å². The molecule has 1 aromatic carbocycles. The summed E-state index contributed by atoms with van der Waals surface area (Å²) in [6.07, 6.45) is 0.777. The van der Waals surface area contributed by atoms with Crippen molar-refractivity contribution in [3.8, 4) is 6.07 Å². The lowest BCUT2D eigenvalue weighted by atomic mass is 9.80. The molecule has 1 spiro atoms. The van der Waals surface area contributed by atoms with Crippen LogP contribution in [0.5, 0.6) is 0 Å². The maximum absolute atomic E-state index is 12.5. The predicted octanol–water partition coefficient (Wildman–Crippen LogP) is 2.28. The van der Waals surface area contributed by atoms with Crippen LogP contribution in [0.25, 0.3) is 0 Å². The first-order chi connectivity index (χ1) is 11.2. The molecule has 6 heteroatoms. The zero-order valence-electron chi connectivity index (χ0n) is 12.4. The number of fused-ring (bicyclic) bond motifs is 2. The molecule has 2 aromatic rings. The molecule has 0 saturated carbocycles. The molecule has 116 valence electrons. The highest BCUT2D eigenvalue weighted by molar-refractivity contribution is 7.16. The fraction of sp³-hybridized carbons (Fsp3) is 0.294. The first kappa shape index (κ1) is 14.2. The number of anilines is 2. The summed E-state index contributed by atoms with van der Waals surface area (Å²) in [5.41, 5.74) is 2.46. The zero-order chi connectivity index (χ0) is 15.9. The van der Waals surface area contributed by atoms with Gasteiger partial charge in [-0.2, -0.15) is 5.26 Å². The predicted molar refractivity (Wildman–Crippen MR) is 90.7 cm³/mol. The van der Waals surface area contributed by atoms with E-state index in [1.165, 1.54) is 22.6 Å². The van der Waals surface area contributed by atoms with E-state index in [0.29, 0.717) is 4.88 Å². The SMILES string of the molecule is N#Cc1ccc(NC(=O)C2CC3(CNc4ccccc43)CN2)s1. The van der Waals surface area contributed by atoms with E-state index in [1.54, 1.807) is 12.1 Å². The quantitative estimate of drug-likeness (QED) is 0.792. The van der Waals surface area contributed by atoms with Crippen LogP contribution in [0.3, 0.4) is 0 Å². The number of amides is 1. The minimum absolute atomic E-state index is 0.00807. The van der Waals surface area contributed by atoms with Gasteiger partial charge in [0.05, 0.1) is 11.0 Å². The smallest absolute Gasteiger partial charge is 0.242 e. The van der Waals surface area contributed by atoms with E-state index < -0.39 is 0 Å². The molecule has 2 unspecified atom stereocenters. The number of rotatable bonds is 2. The second-order valence-electron chi connectivity index (χ2n) is 6.08. The molecule has 0 aliphatic carbocycles. The highest BCUT2D eigenvalue weighted by Gasteiger charge is 2.46. The van der Waals surface area contributed by atoms with Crippen LogP contribution in [0.2, 0.25) is 0 Å². The molecule has 3 N–H and O–H groups in total. The van der Waals surface area contributed by atoms with Crippen LogP contribution >= 0.6 is 11.3 Å². The molecule has 1 aromatic heterocycles. The molecular weight excluding hydrogens is 308 g/mol. The maximum atomic E-state index is 12.5. The standard InChI is InChI=1S/C17H16N4OS/c18-8-11-5-6-15(23-11)21-16(22)14-7-17(10-20-14)9-19-13-4-2-1-3-12(13)17/h1-6,14,19-20H,7,9-10H2,(H,21,22). The summed E-state index contributed by atoms with van der Waals surface area (Å²) >= 11 is 1.30. The minimum atomic E-state index is -0.212. The normalized spacial score (nSPS) is 24.9. The number of hydrogen-bond acceptors (Lipinski definition) is 5. The summed E-state index contributed by atoms with van der Waals surface area (Å²) < 4.78 is 0. The third-order valence-corrected chi connectivity index (χ3v) is 5.58. The average Bonchev–Trinajstić information content (AvgIpc) is 3.28. The molecule has 2 atom stereocenters. The highest BCUT2D eigenvalue weighted by atomic mass is 32.1. The Balaban J connectivity index is 1.48. The fourth-order valence-corrected chi connectivity index (χ4v) is 4.22. The largest absolute Gasteiger partial charge is 0.384 e. The Hall–Kier alpha value is -2.36. The number of para-hydroxylation sites is 1. The Morgan fingerprint density at radius 2 is 2.17 bits per heavy atom. The van der Waals surface area contributed by atoms with E-state index in [1.807, 2.05) is 6.07 Å². The molecule has 1 saturated heterocycles. The number of carbonyl (C=O) groups excluding carboxylic acids is 1. The Bertz CT molecular complexity index is 809. The van der Waals surface area contributed by atoms with Crippen LogP contribution in [0.4, 0.5) is 10.7 Å². The molecule has 4 rings (SSSR count). The summed E-state index contributed by atoms with van der Waals surface area (Å²) in [5, 5.41) is 19.3. The lowest BCUT2D eigenvalue weighted by Crippen LogP contribution is -2.35. The van der Waals surface area contributed by atoms with Gasteiger partial charge in [0.1, 0.15) is 10.9 Å². The van der Waals surface area contributed by atoms with Crippen molar-refractivity contribution in [2.75, 3.05) is 23.7 Å². The van der Waals surface area contributed by atoms with Crippen molar-refractivity contribution in [3.63, 3.8) is 0 Å². The lowest BCUT2D eigenvalue weighted by molar-refractivity contribution is -0.117. The van der Waals surface area contributed by atoms with Crippen LogP contribution in [0.1, 0.15) is 16.9 Å². The van der Waals surface area contributed by atoms with Gasteiger partial charge in [-0.15, -0.1) is 11.3 Å². The van der Waals surface area contributed by atoms with Crippen LogP contribution in [-0.4, -0.2) is 25.0 Å². The van der Waals surface area contributed by atoms with Crippen molar-refractivity contribution in [1.29, 1.82) is 5.26 Å². The van der Waals surface area contributed by atoms with Gasteiger partial charge in [-0.1, -0.05) is 18.2 Å². The van der Waals surface area contributed by atoms with Gasteiger partial charge in [-0.05, 0) is 30.2 Å². The van der Waals surface area contributed by atoms with E-state index in [0.717, 1.165) is 24.5 Å². The van der Waals surface area contributed by atoms with Gasteiger partial charge in [0.25, 0.3) is 0 Å². The van der Waals surface area contributed by atoms with E-state index in [2.05, 4.69) is 40.2 Å².